The van der Waals surface area contributed by atoms with Crippen molar-refractivity contribution in [1.82, 2.24) is 10.2 Å². The third-order valence-corrected chi connectivity index (χ3v) is 8.58. The van der Waals surface area contributed by atoms with Gasteiger partial charge in [-0.15, -0.1) is 0 Å². The first-order valence-electron chi connectivity index (χ1n) is 12.5. The van der Waals surface area contributed by atoms with Gasteiger partial charge in [-0.1, -0.05) is 57.9 Å². The van der Waals surface area contributed by atoms with Crippen LogP contribution in [-0.4, -0.2) is 50.4 Å². The van der Waals surface area contributed by atoms with Gasteiger partial charge in [0.1, 0.15) is 18.3 Å². The van der Waals surface area contributed by atoms with Crippen molar-refractivity contribution >= 4 is 55.1 Å². The van der Waals surface area contributed by atoms with Gasteiger partial charge in [-0.05, 0) is 75.7 Å². The molecule has 11 heteroatoms. The molecule has 3 aromatic carbocycles. The Morgan fingerprint density at radius 3 is 2.20 bits per heavy atom. The molecule has 0 aromatic heterocycles. The molecule has 0 spiro atoms. The van der Waals surface area contributed by atoms with E-state index in [-0.39, 0.29) is 28.1 Å². The Morgan fingerprint density at radius 1 is 1.02 bits per heavy atom. The van der Waals surface area contributed by atoms with Crippen LogP contribution in [0.15, 0.2) is 82.2 Å². The van der Waals surface area contributed by atoms with Gasteiger partial charge in [0, 0.05) is 16.6 Å². The molecule has 0 saturated carbocycles. The van der Waals surface area contributed by atoms with Gasteiger partial charge in [-0.3, -0.25) is 13.9 Å². The number of halogens is 2. The number of carbonyl (C=O) groups is 2. The van der Waals surface area contributed by atoms with E-state index in [1.165, 1.54) is 42.3 Å². The highest BCUT2D eigenvalue weighted by Crippen LogP contribution is 2.32. The number of methoxy groups -OCH3 is 1. The van der Waals surface area contributed by atoms with Crippen LogP contribution < -0.4 is 14.4 Å². The lowest BCUT2D eigenvalue weighted by Crippen LogP contribution is -2.54. The second-order valence-electron chi connectivity index (χ2n) is 10.2. The minimum atomic E-state index is -4.19. The van der Waals surface area contributed by atoms with Crippen molar-refractivity contribution in [2.75, 3.05) is 18.0 Å². The molecule has 214 valence electrons. The second-order valence-corrected chi connectivity index (χ2v) is 13.4. The van der Waals surface area contributed by atoms with Crippen LogP contribution in [-0.2, 0) is 26.2 Å². The maximum atomic E-state index is 14.0. The first-order valence-corrected chi connectivity index (χ1v) is 15.1. The molecule has 0 bridgehead atoms. The topological polar surface area (TPSA) is 96.0 Å². The number of hydrogen-bond acceptors (Lipinski definition) is 5. The predicted molar refractivity (Wildman–Crippen MR) is 161 cm³/mol. The van der Waals surface area contributed by atoms with Crippen LogP contribution in [0.1, 0.15) is 33.3 Å². The van der Waals surface area contributed by atoms with Crippen LogP contribution in [0, 0.1) is 0 Å². The molecule has 1 N–H and O–H groups in total. The van der Waals surface area contributed by atoms with Crippen molar-refractivity contribution in [2.45, 2.75) is 50.7 Å². The summed E-state index contributed by atoms with van der Waals surface area (Å²) >= 11 is 9.75. The van der Waals surface area contributed by atoms with E-state index in [0.717, 1.165) is 14.3 Å². The van der Waals surface area contributed by atoms with Gasteiger partial charge in [-0.25, -0.2) is 8.42 Å². The molecule has 0 radical (unpaired) electrons. The van der Waals surface area contributed by atoms with E-state index in [4.69, 9.17) is 16.3 Å². The van der Waals surface area contributed by atoms with E-state index in [1.807, 2.05) is 45.0 Å². The zero-order chi connectivity index (χ0) is 29.7. The summed E-state index contributed by atoms with van der Waals surface area (Å²) in [6.07, 6.45) is 0. The summed E-state index contributed by atoms with van der Waals surface area (Å²) < 4.78 is 34.8. The maximum Gasteiger partial charge on any atom is 0.264 e. The van der Waals surface area contributed by atoms with Gasteiger partial charge in [0.05, 0.1) is 22.7 Å². The fourth-order valence-electron chi connectivity index (χ4n) is 3.90. The van der Waals surface area contributed by atoms with Crippen LogP contribution in [0.5, 0.6) is 5.75 Å². The molecule has 0 fully saturated rings. The predicted octanol–water partition coefficient (Wildman–Crippen LogP) is 5.64. The minimum absolute atomic E-state index is 0.00715. The zero-order valence-corrected chi connectivity index (χ0v) is 26.2. The summed E-state index contributed by atoms with van der Waals surface area (Å²) in [5.74, 6) is -0.563. The number of nitrogens with zero attached hydrogens (tertiary/aromatic N) is 2. The Hall–Kier alpha value is -3.08. The van der Waals surface area contributed by atoms with Gasteiger partial charge in [0.15, 0.2) is 0 Å². The summed E-state index contributed by atoms with van der Waals surface area (Å²) in [5.41, 5.74) is 0.426. The molecule has 2 amide bonds. The van der Waals surface area contributed by atoms with E-state index in [1.54, 1.807) is 25.1 Å². The smallest absolute Gasteiger partial charge is 0.264 e. The van der Waals surface area contributed by atoms with Crippen LogP contribution in [0.4, 0.5) is 5.69 Å². The summed E-state index contributed by atoms with van der Waals surface area (Å²) in [6.45, 7) is 6.69. The van der Waals surface area contributed by atoms with Crippen molar-refractivity contribution in [3.63, 3.8) is 0 Å². The molecule has 0 aliphatic heterocycles. The molecule has 40 heavy (non-hydrogen) atoms. The minimum Gasteiger partial charge on any atom is -0.495 e. The highest BCUT2D eigenvalue weighted by Gasteiger charge is 2.33. The Morgan fingerprint density at radius 2 is 1.65 bits per heavy atom. The molecule has 0 saturated heterocycles. The molecular weight excluding hydrogens is 618 g/mol. The Bertz CT molecular complexity index is 1440. The summed E-state index contributed by atoms with van der Waals surface area (Å²) in [4.78, 5) is 28.5. The number of amides is 2. The van der Waals surface area contributed by atoms with Crippen molar-refractivity contribution in [3.8, 4) is 5.75 Å². The number of rotatable bonds is 10. The van der Waals surface area contributed by atoms with E-state index in [2.05, 4.69) is 21.2 Å². The largest absolute Gasteiger partial charge is 0.495 e. The normalized spacial score (nSPS) is 12.4. The first-order chi connectivity index (χ1) is 18.7. The molecule has 3 rings (SSSR count). The SMILES string of the molecule is COc1ccc(N(CC(=O)N(Cc2ccc(Br)cc2)[C@H](C)C(=O)NC(C)(C)C)S(=O)(=O)c2ccccc2)cc1Cl. The number of sulfonamides is 1. The monoisotopic (exact) mass is 649 g/mol. The average molecular weight is 651 g/mol. The number of nitrogens with one attached hydrogen (secondary N) is 1. The van der Waals surface area contributed by atoms with Gasteiger partial charge < -0.3 is 15.0 Å². The van der Waals surface area contributed by atoms with Crippen molar-refractivity contribution in [2.24, 2.45) is 0 Å². The molecule has 0 heterocycles. The number of anilines is 1. The average Bonchev–Trinajstić information content (AvgIpc) is 2.90. The number of ether oxygens (including phenoxy) is 1. The van der Waals surface area contributed by atoms with Crippen molar-refractivity contribution < 1.29 is 22.7 Å². The van der Waals surface area contributed by atoms with Gasteiger partial charge in [-0.2, -0.15) is 0 Å². The third kappa shape index (κ3) is 7.99. The Labute approximate surface area is 249 Å². The summed E-state index contributed by atoms with van der Waals surface area (Å²) in [7, 11) is -2.74. The van der Waals surface area contributed by atoms with Gasteiger partial charge in [0.2, 0.25) is 11.8 Å². The number of hydrogen-bond donors (Lipinski definition) is 1. The lowest BCUT2D eigenvalue weighted by Gasteiger charge is -2.33. The Kier molecular flexibility index (Phi) is 10.3. The number of carbonyl (C=O) groups excluding carboxylic acids is 2. The van der Waals surface area contributed by atoms with Crippen molar-refractivity contribution in [3.05, 3.63) is 87.9 Å². The first kappa shape index (κ1) is 31.4. The third-order valence-electron chi connectivity index (χ3n) is 5.97. The molecule has 0 aliphatic carbocycles. The fraction of sp³-hybridized carbons (Fsp3) is 0.310. The lowest BCUT2D eigenvalue weighted by atomic mass is 10.1. The molecule has 8 nitrogen and oxygen atoms in total. The van der Waals surface area contributed by atoms with Crippen LogP contribution in [0.3, 0.4) is 0 Å². The van der Waals surface area contributed by atoms with E-state index >= 15 is 0 Å². The Balaban J connectivity index is 2.06. The second kappa shape index (κ2) is 13.1. The van der Waals surface area contributed by atoms with E-state index in [0.29, 0.717) is 5.75 Å². The molecule has 0 unspecified atom stereocenters. The van der Waals surface area contributed by atoms with Gasteiger partial charge in [0.25, 0.3) is 10.0 Å². The van der Waals surface area contributed by atoms with Crippen LogP contribution >= 0.6 is 27.5 Å². The summed E-state index contributed by atoms with van der Waals surface area (Å²) in [6, 6.07) is 18.8. The number of benzene rings is 3. The molecule has 3 aromatic rings. The molecule has 1 atom stereocenters. The summed E-state index contributed by atoms with van der Waals surface area (Å²) in [5, 5.41) is 3.09. The molecular formula is C29H33BrClN3O5S. The van der Waals surface area contributed by atoms with E-state index in [9.17, 15) is 18.0 Å². The highest BCUT2D eigenvalue weighted by molar-refractivity contribution is 9.10. The van der Waals surface area contributed by atoms with Gasteiger partial charge >= 0.3 is 0 Å². The maximum absolute atomic E-state index is 14.0. The highest BCUT2D eigenvalue weighted by atomic mass is 79.9. The van der Waals surface area contributed by atoms with E-state index < -0.39 is 34.1 Å². The van der Waals surface area contributed by atoms with Crippen molar-refractivity contribution in [1.29, 1.82) is 0 Å². The fourth-order valence-corrected chi connectivity index (χ4v) is 5.85. The lowest BCUT2D eigenvalue weighted by molar-refractivity contribution is -0.140. The van der Waals surface area contributed by atoms with Crippen LogP contribution in [0.2, 0.25) is 5.02 Å². The van der Waals surface area contributed by atoms with Crippen LogP contribution in [0.25, 0.3) is 0 Å². The zero-order valence-electron chi connectivity index (χ0n) is 23.0. The molecule has 0 aliphatic rings. The quantitative estimate of drug-likeness (QED) is 0.307. The standard InChI is InChI=1S/C29H33BrClN3O5S/c1-20(28(36)32-29(2,3)4)33(18-21-11-13-22(30)14-12-21)27(35)19-34(23-15-16-26(39-5)25(31)17-23)40(37,38)24-9-7-6-8-10-24/h6-17,20H,18-19H2,1-5H3,(H,32,36)/t20-/m1/s1.